The van der Waals surface area contributed by atoms with Crippen LogP contribution in [-0.2, 0) is 0 Å². The molecule has 0 saturated carbocycles. The fourth-order valence-electron chi connectivity index (χ4n) is 2.19. The molecule has 0 rings (SSSR count). The zero-order valence-electron chi connectivity index (χ0n) is 17.5. The van der Waals surface area contributed by atoms with Crippen molar-refractivity contribution in [1.82, 2.24) is 0 Å². The summed E-state index contributed by atoms with van der Waals surface area (Å²) in [4.78, 5) is 4.59. The van der Waals surface area contributed by atoms with E-state index in [1.807, 2.05) is 0 Å². The zero-order valence-corrected chi connectivity index (χ0v) is 32.6. The van der Waals surface area contributed by atoms with Gasteiger partial charge in [-0.15, -0.1) is 80.7 Å². The van der Waals surface area contributed by atoms with Gasteiger partial charge >= 0.3 is 134 Å². The normalized spacial score (nSPS) is 12.6. The summed E-state index contributed by atoms with van der Waals surface area (Å²) >= 11 is 0.230. The van der Waals surface area contributed by atoms with E-state index in [2.05, 4.69) is 75.3 Å². The van der Waals surface area contributed by atoms with Crippen LogP contribution in [0.15, 0.2) is 0 Å². The summed E-state index contributed by atoms with van der Waals surface area (Å²) in [6.07, 6.45) is 0. The molecule has 21 heavy (non-hydrogen) atoms. The summed E-state index contributed by atoms with van der Waals surface area (Å²) in [5.74, 6) is 0. The van der Waals surface area contributed by atoms with Gasteiger partial charge in [-0.1, -0.05) is 0 Å². The Kier molecular flexibility index (Phi) is 23.2. The minimum Gasteiger partial charge on any atom is 1.00 e. The molecule has 0 aromatic carbocycles. The molecule has 0 aromatic rings. The second-order valence-corrected chi connectivity index (χ2v) is 60.4. The van der Waals surface area contributed by atoms with E-state index in [0.717, 1.165) is 0 Å². The SMILES string of the molecule is C[Si](C)(C)[Si-][Si](C)(C)[Si](C)(C)[Si-][Si](C)(C)C.[CH3][Sn][CH3].[K+].[K+]. The van der Waals surface area contributed by atoms with Crippen LogP contribution in [0.2, 0.25) is 75.3 Å². The maximum absolute atomic E-state index is 2.71. The van der Waals surface area contributed by atoms with Crippen LogP contribution in [0.4, 0.5) is 0 Å². The van der Waals surface area contributed by atoms with Crippen molar-refractivity contribution in [1.29, 1.82) is 0 Å². The Balaban J connectivity index is -0.000000264. The van der Waals surface area contributed by atoms with E-state index < -0.39 is 29.4 Å². The molecule has 0 aliphatic carbocycles. The van der Waals surface area contributed by atoms with Crippen molar-refractivity contribution in [2.24, 2.45) is 0 Å². The Labute approximate surface area is 240 Å². The molecular formula is C12H36K2Si6Sn. The second kappa shape index (κ2) is 14.4. The van der Waals surface area contributed by atoms with Crippen LogP contribution in [-0.4, -0.2) is 67.7 Å². The summed E-state index contributed by atoms with van der Waals surface area (Å²) in [5.41, 5.74) is 0. The van der Waals surface area contributed by atoms with Gasteiger partial charge < -0.3 is 17.1 Å². The summed E-state index contributed by atoms with van der Waals surface area (Å²) in [6, 6.07) is 0. The summed E-state index contributed by atoms with van der Waals surface area (Å²) < 4.78 is 0. The third-order valence-corrected chi connectivity index (χ3v) is 71.4. The predicted molar refractivity (Wildman–Crippen MR) is 111 cm³/mol. The molecule has 0 spiro atoms. The molecule has 0 amide bonds. The van der Waals surface area contributed by atoms with Crippen LogP contribution < -0.4 is 103 Å². The largest absolute Gasteiger partial charge is 1.00 e. The molecule has 0 nitrogen and oxygen atoms in total. The first-order valence-electron chi connectivity index (χ1n) is 7.25. The Morgan fingerprint density at radius 3 is 0.762 bits per heavy atom. The second-order valence-electron chi connectivity index (χ2n) is 8.50. The van der Waals surface area contributed by atoms with E-state index in [1.54, 1.807) is 0 Å². The molecule has 0 heterocycles. The van der Waals surface area contributed by atoms with E-state index in [-0.39, 0.29) is 124 Å². The van der Waals surface area contributed by atoms with Gasteiger partial charge in [-0.25, -0.2) is 0 Å². The zero-order chi connectivity index (χ0) is 16.1. The van der Waals surface area contributed by atoms with E-state index in [1.165, 1.54) is 17.1 Å². The Morgan fingerprint density at radius 2 is 0.667 bits per heavy atom. The van der Waals surface area contributed by atoms with E-state index in [9.17, 15) is 0 Å². The van der Waals surface area contributed by atoms with Gasteiger partial charge in [0, 0.05) is 0 Å². The predicted octanol–water partition coefficient (Wildman–Crippen LogP) is -1.65. The Bertz CT molecular complexity index is 235. The van der Waals surface area contributed by atoms with Gasteiger partial charge in [0.25, 0.3) is 0 Å². The monoisotopic (exact) mass is 546 g/mol. The molecule has 0 N–H and O–H groups in total. The van der Waals surface area contributed by atoms with Crippen LogP contribution in [0.1, 0.15) is 0 Å². The molecule has 114 valence electrons. The Morgan fingerprint density at radius 1 is 0.524 bits per heavy atom. The summed E-state index contributed by atoms with van der Waals surface area (Å²) in [6.45, 7) is 26.3. The first kappa shape index (κ1) is 33.9. The van der Waals surface area contributed by atoms with Gasteiger partial charge in [0.15, 0.2) is 0 Å². The first-order valence-corrected chi connectivity index (χ1v) is 33.0. The van der Waals surface area contributed by atoms with E-state index in [4.69, 9.17) is 0 Å². The minimum atomic E-state index is -0.901. The maximum atomic E-state index is 2.71. The first-order chi connectivity index (χ1) is 8.08. The molecule has 9 heteroatoms. The van der Waals surface area contributed by atoms with Crippen LogP contribution in [0, 0.1) is 0 Å². The van der Waals surface area contributed by atoms with Crippen molar-refractivity contribution in [3.8, 4) is 0 Å². The molecule has 4 radical (unpaired) electrons. The summed E-state index contributed by atoms with van der Waals surface area (Å²) in [5, 5.41) is 0. The van der Waals surface area contributed by atoms with Gasteiger partial charge in [-0.3, -0.25) is 0 Å². The molecule has 0 atom stereocenters. The van der Waals surface area contributed by atoms with Crippen molar-refractivity contribution >= 4 is 67.7 Å². The Hall–Kier alpha value is 5.37. The number of hydrogen-bond acceptors (Lipinski definition) is 0. The molecule has 0 unspecified atom stereocenters. The molecule has 0 aliphatic heterocycles. The van der Waals surface area contributed by atoms with Crippen molar-refractivity contribution in [3.05, 3.63) is 0 Å². The van der Waals surface area contributed by atoms with Gasteiger partial charge in [-0.05, 0) is 0 Å². The van der Waals surface area contributed by atoms with E-state index in [0.29, 0.717) is 0 Å². The van der Waals surface area contributed by atoms with Gasteiger partial charge in [-0.2, -0.15) is 14.2 Å². The fourth-order valence-corrected chi connectivity index (χ4v) is 106. The average molecular weight is 546 g/mol. The van der Waals surface area contributed by atoms with Gasteiger partial charge in [0.05, 0.1) is 0 Å². The van der Waals surface area contributed by atoms with Crippen molar-refractivity contribution in [3.63, 3.8) is 0 Å². The quantitative estimate of drug-likeness (QED) is 0.364. The van der Waals surface area contributed by atoms with Crippen LogP contribution in [0.3, 0.4) is 0 Å². The van der Waals surface area contributed by atoms with Gasteiger partial charge in [0.1, 0.15) is 0 Å². The molecule has 0 bridgehead atoms. The molecule has 0 aromatic heterocycles. The van der Waals surface area contributed by atoms with Gasteiger partial charge in [0.2, 0.25) is 0 Å². The average Bonchev–Trinajstić information content (AvgIpc) is 1.94. The number of hydrogen-bond donors (Lipinski definition) is 0. The van der Waals surface area contributed by atoms with E-state index >= 15 is 0 Å². The van der Waals surface area contributed by atoms with Crippen molar-refractivity contribution in [2.45, 2.75) is 75.3 Å². The van der Waals surface area contributed by atoms with Crippen LogP contribution in [0.25, 0.3) is 0 Å². The minimum absolute atomic E-state index is 0. The standard InChI is InChI=1S/C10H30Si6.2CH3.2K.Sn/c1-13(2,3)11-15(7,8)16(9,10)12-14(4,5)6;;;;;/h1-10H3;2*1H3;;;/q-2;;;2*+1;. The smallest absolute Gasteiger partial charge is 1.00 e. The summed E-state index contributed by atoms with van der Waals surface area (Å²) in [7, 11) is -0.720. The van der Waals surface area contributed by atoms with Crippen LogP contribution >= 0.6 is 0 Å². The van der Waals surface area contributed by atoms with Crippen molar-refractivity contribution < 1.29 is 103 Å². The number of rotatable bonds is 5. The third-order valence-electron chi connectivity index (χ3n) is 2.94. The molecular weight excluding hydrogens is 510 g/mol. The van der Waals surface area contributed by atoms with Crippen molar-refractivity contribution in [2.75, 3.05) is 0 Å². The molecule has 0 fully saturated rings. The third kappa shape index (κ3) is 19.9. The molecule has 0 aliphatic rings. The topological polar surface area (TPSA) is 0 Å². The fraction of sp³-hybridized carbons (Fsp3) is 1.00. The van der Waals surface area contributed by atoms with Crippen LogP contribution in [0.5, 0.6) is 0 Å². The maximum Gasteiger partial charge on any atom is 1.00 e. The molecule has 0 saturated heterocycles.